The van der Waals surface area contributed by atoms with Gasteiger partial charge in [0.25, 0.3) is 0 Å². The number of hydrogen-bond donors (Lipinski definition) is 1. The Morgan fingerprint density at radius 3 is 2.28 bits per heavy atom. The van der Waals surface area contributed by atoms with Gasteiger partial charge < -0.3 is 19.3 Å². The van der Waals surface area contributed by atoms with E-state index in [0.717, 1.165) is 5.56 Å². The average Bonchev–Trinajstić information content (AvgIpc) is 2.37. The first kappa shape index (κ1) is 14.4. The number of aliphatic hydroxyl groups is 1. The van der Waals surface area contributed by atoms with E-state index in [1.807, 2.05) is 24.3 Å². The fraction of sp³-hybridized carbons (Fsp3) is 0.429. The molecule has 1 aromatic rings. The first-order chi connectivity index (χ1) is 8.63. The zero-order chi connectivity index (χ0) is 13.5. The van der Waals surface area contributed by atoms with Crippen molar-refractivity contribution in [2.75, 3.05) is 21.3 Å². The Morgan fingerprint density at radius 2 is 1.78 bits per heavy atom. The van der Waals surface area contributed by atoms with Gasteiger partial charge in [-0.05, 0) is 25.5 Å². The van der Waals surface area contributed by atoms with Crippen LogP contribution in [0.4, 0.5) is 0 Å². The van der Waals surface area contributed by atoms with E-state index in [-0.39, 0.29) is 6.10 Å². The normalized spacial score (nSPS) is 12.5. The standard InChI is InChI=1S/C14H20O4/c1-10(15)6-5-7-11-8-9-12(16-2)14(18-4)13(11)17-3/h5,7-10,15H,6H2,1-4H3. The highest BCUT2D eigenvalue weighted by Crippen LogP contribution is 2.40. The Morgan fingerprint density at radius 1 is 1.11 bits per heavy atom. The topological polar surface area (TPSA) is 47.9 Å². The number of ether oxygens (including phenoxy) is 3. The minimum Gasteiger partial charge on any atom is -0.493 e. The molecular weight excluding hydrogens is 232 g/mol. The van der Waals surface area contributed by atoms with Crippen molar-refractivity contribution in [2.45, 2.75) is 19.4 Å². The van der Waals surface area contributed by atoms with Crippen molar-refractivity contribution in [2.24, 2.45) is 0 Å². The molecule has 0 aromatic heterocycles. The SMILES string of the molecule is COc1ccc(C=CCC(C)O)c(OC)c1OC. The Labute approximate surface area is 108 Å². The summed E-state index contributed by atoms with van der Waals surface area (Å²) in [5, 5.41) is 9.21. The molecule has 0 heterocycles. The highest BCUT2D eigenvalue weighted by molar-refractivity contribution is 5.66. The molecule has 18 heavy (non-hydrogen) atoms. The molecule has 4 heteroatoms. The molecule has 0 aliphatic rings. The van der Waals surface area contributed by atoms with Gasteiger partial charge in [-0.3, -0.25) is 0 Å². The number of methoxy groups -OCH3 is 3. The van der Waals surface area contributed by atoms with Crippen LogP contribution in [0.15, 0.2) is 18.2 Å². The fourth-order valence-corrected chi connectivity index (χ4v) is 1.65. The smallest absolute Gasteiger partial charge is 0.203 e. The van der Waals surface area contributed by atoms with Crippen molar-refractivity contribution in [1.82, 2.24) is 0 Å². The van der Waals surface area contributed by atoms with Gasteiger partial charge in [-0.25, -0.2) is 0 Å². The highest BCUT2D eigenvalue weighted by Gasteiger charge is 2.13. The second-order valence-electron chi connectivity index (χ2n) is 3.91. The average molecular weight is 252 g/mol. The van der Waals surface area contributed by atoms with Crippen molar-refractivity contribution in [3.8, 4) is 17.2 Å². The zero-order valence-electron chi connectivity index (χ0n) is 11.3. The third-order valence-electron chi connectivity index (χ3n) is 2.51. The fourth-order valence-electron chi connectivity index (χ4n) is 1.65. The molecule has 4 nitrogen and oxygen atoms in total. The third-order valence-corrected chi connectivity index (χ3v) is 2.51. The van der Waals surface area contributed by atoms with E-state index in [9.17, 15) is 5.11 Å². The van der Waals surface area contributed by atoms with Crippen LogP contribution >= 0.6 is 0 Å². The van der Waals surface area contributed by atoms with Gasteiger partial charge in [0.1, 0.15) is 0 Å². The second-order valence-corrected chi connectivity index (χ2v) is 3.91. The lowest BCUT2D eigenvalue weighted by molar-refractivity contribution is 0.198. The summed E-state index contributed by atoms with van der Waals surface area (Å²) in [5.41, 5.74) is 0.885. The maximum Gasteiger partial charge on any atom is 0.203 e. The maximum atomic E-state index is 9.21. The predicted molar refractivity (Wildman–Crippen MR) is 71.4 cm³/mol. The molecule has 0 saturated heterocycles. The van der Waals surface area contributed by atoms with Crippen LogP contribution < -0.4 is 14.2 Å². The summed E-state index contributed by atoms with van der Waals surface area (Å²) in [6.45, 7) is 1.75. The molecule has 0 saturated carbocycles. The van der Waals surface area contributed by atoms with E-state index < -0.39 is 0 Å². The predicted octanol–water partition coefficient (Wildman–Crippen LogP) is 2.50. The van der Waals surface area contributed by atoms with E-state index in [1.54, 1.807) is 28.3 Å². The molecule has 1 N–H and O–H groups in total. The quantitative estimate of drug-likeness (QED) is 0.845. The first-order valence-electron chi connectivity index (χ1n) is 5.77. The molecule has 0 bridgehead atoms. The zero-order valence-corrected chi connectivity index (χ0v) is 11.3. The van der Waals surface area contributed by atoms with Crippen molar-refractivity contribution in [3.63, 3.8) is 0 Å². The molecule has 1 aromatic carbocycles. The molecule has 1 atom stereocenters. The van der Waals surface area contributed by atoms with E-state index in [4.69, 9.17) is 14.2 Å². The molecule has 0 aliphatic heterocycles. The van der Waals surface area contributed by atoms with Gasteiger partial charge in [-0.1, -0.05) is 12.2 Å². The minimum atomic E-state index is -0.354. The minimum absolute atomic E-state index is 0.354. The summed E-state index contributed by atoms with van der Waals surface area (Å²) in [7, 11) is 4.74. The van der Waals surface area contributed by atoms with Gasteiger partial charge in [-0.2, -0.15) is 0 Å². The molecule has 1 unspecified atom stereocenters. The Hall–Kier alpha value is -1.68. The molecular formula is C14H20O4. The van der Waals surface area contributed by atoms with Crippen LogP contribution in [0.5, 0.6) is 17.2 Å². The summed E-state index contributed by atoms with van der Waals surface area (Å²) >= 11 is 0. The van der Waals surface area contributed by atoms with Crippen molar-refractivity contribution >= 4 is 6.08 Å². The number of hydrogen-bond acceptors (Lipinski definition) is 4. The van der Waals surface area contributed by atoms with E-state index in [0.29, 0.717) is 23.7 Å². The molecule has 1 rings (SSSR count). The van der Waals surface area contributed by atoms with E-state index in [2.05, 4.69) is 0 Å². The largest absolute Gasteiger partial charge is 0.493 e. The summed E-state index contributed by atoms with van der Waals surface area (Å²) in [4.78, 5) is 0. The van der Waals surface area contributed by atoms with E-state index >= 15 is 0 Å². The van der Waals surface area contributed by atoms with Crippen LogP contribution in [0.1, 0.15) is 18.9 Å². The summed E-state index contributed by atoms with van der Waals surface area (Å²) in [6.07, 6.45) is 4.03. The highest BCUT2D eigenvalue weighted by atomic mass is 16.5. The van der Waals surface area contributed by atoms with Gasteiger partial charge in [0.2, 0.25) is 5.75 Å². The number of benzene rings is 1. The lowest BCUT2D eigenvalue weighted by Crippen LogP contribution is -1.97. The maximum absolute atomic E-state index is 9.21. The van der Waals surface area contributed by atoms with Crippen LogP contribution in [-0.4, -0.2) is 32.5 Å². The summed E-state index contributed by atoms with van der Waals surface area (Å²) < 4.78 is 15.8. The summed E-state index contributed by atoms with van der Waals surface area (Å²) in [5.74, 6) is 1.82. The molecule has 100 valence electrons. The van der Waals surface area contributed by atoms with Crippen molar-refractivity contribution in [1.29, 1.82) is 0 Å². The van der Waals surface area contributed by atoms with Crippen LogP contribution in [0, 0.1) is 0 Å². The van der Waals surface area contributed by atoms with Crippen molar-refractivity contribution in [3.05, 3.63) is 23.8 Å². The first-order valence-corrected chi connectivity index (χ1v) is 5.77. The molecule has 0 amide bonds. The molecule has 0 spiro atoms. The molecule has 0 radical (unpaired) electrons. The number of aliphatic hydroxyl groups excluding tert-OH is 1. The van der Waals surface area contributed by atoms with Crippen LogP contribution in [0.2, 0.25) is 0 Å². The monoisotopic (exact) mass is 252 g/mol. The molecule has 0 aliphatic carbocycles. The van der Waals surface area contributed by atoms with Gasteiger partial charge in [-0.15, -0.1) is 0 Å². The third kappa shape index (κ3) is 3.40. The lowest BCUT2D eigenvalue weighted by Gasteiger charge is -2.14. The van der Waals surface area contributed by atoms with Gasteiger partial charge in [0, 0.05) is 5.56 Å². The second kappa shape index (κ2) is 6.91. The van der Waals surface area contributed by atoms with E-state index in [1.165, 1.54) is 0 Å². The Bertz CT molecular complexity index is 411. The Kier molecular flexibility index (Phi) is 5.52. The van der Waals surface area contributed by atoms with Gasteiger partial charge >= 0.3 is 0 Å². The summed E-state index contributed by atoms with van der Waals surface area (Å²) in [6, 6.07) is 3.71. The Balaban J connectivity index is 3.09. The number of rotatable bonds is 6. The van der Waals surface area contributed by atoms with Gasteiger partial charge in [0.05, 0.1) is 27.4 Å². The molecule has 0 fully saturated rings. The van der Waals surface area contributed by atoms with Gasteiger partial charge in [0.15, 0.2) is 11.5 Å². The van der Waals surface area contributed by atoms with Crippen LogP contribution in [-0.2, 0) is 0 Å². The van der Waals surface area contributed by atoms with Crippen LogP contribution in [0.3, 0.4) is 0 Å². The van der Waals surface area contributed by atoms with Crippen molar-refractivity contribution < 1.29 is 19.3 Å². The lowest BCUT2D eigenvalue weighted by atomic mass is 10.1. The van der Waals surface area contributed by atoms with Crippen LogP contribution in [0.25, 0.3) is 6.08 Å².